The van der Waals surface area contributed by atoms with Gasteiger partial charge in [0.05, 0.1) is 38.7 Å². The molecule has 0 spiro atoms. The Balaban J connectivity index is 1.07. The molecule has 5 heterocycles. The van der Waals surface area contributed by atoms with Crippen molar-refractivity contribution in [1.29, 1.82) is 0 Å². The predicted octanol–water partition coefficient (Wildman–Crippen LogP) is 20.6. The van der Waals surface area contributed by atoms with Crippen molar-refractivity contribution in [3.05, 3.63) is 266 Å². The third-order valence-corrected chi connectivity index (χ3v) is 20.4. The molecule has 3 nitrogen and oxygen atoms in total. The van der Waals surface area contributed by atoms with Gasteiger partial charge in [-0.25, -0.2) is 0 Å². The van der Waals surface area contributed by atoms with Gasteiger partial charge in [0.1, 0.15) is 0 Å². The van der Waals surface area contributed by atoms with Gasteiger partial charge >= 0.3 is 0 Å². The number of nitrogens with zero attached hydrogens (tertiary/aromatic N) is 3. The van der Waals surface area contributed by atoms with E-state index in [9.17, 15) is 5.48 Å². The van der Waals surface area contributed by atoms with Gasteiger partial charge in [-0.2, -0.15) is 0 Å². The number of hydrogen-bond donors (Lipinski definition) is 0. The molecular weight excluding hydrogens is 1080 g/mol. The topological polar surface area (TPSA) is 13.1 Å². The third-order valence-electron chi connectivity index (χ3n) is 17.9. The fourth-order valence-corrected chi connectivity index (χ4v) is 16.5. The molecule has 0 fully saturated rings. The Bertz CT molecular complexity index is 5580. The van der Waals surface area contributed by atoms with Crippen molar-refractivity contribution in [3.63, 3.8) is 0 Å². The first-order valence-electron chi connectivity index (χ1n) is 33.4. The van der Waals surface area contributed by atoms with E-state index in [0.717, 1.165) is 88.4 Å². The lowest BCUT2D eigenvalue weighted by atomic mass is 9.34. The summed E-state index contributed by atoms with van der Waals surface area (Å²) in [6, 6.07) is 71.1. The molecule has 0 atom stereocenters. The summed E-state index contributed by atoms with van der Waals surface area (Å²) >= 11 is 3.68. The first-order chi connectivity index (χ1) is 45.3. The molecule has 15 aromatic rings. The number of thiophene rings is 1. The molecule has 0 amide bonds. The molecule has 0 saturated carbocycles. The van der Waals surface area contributed by atoms with Gasteiger partial charge in [-0.1, -0.05) is 247 Å². The highest BCUT2D eigenvalue weighted by molar-refractivity contribution is 8.00. The largest absolute Gasteiger partial charge is 0.310 e. The second kappa shape index (κ2) is 19.1. The summed E-state index contributed by atoms with van der Waals surface area (Å²) in [5.74, 6) is 0. The molecule has 2 aliphatic rings. The molecule has 17 rings (SSSR count). The third kappa shape index (κ3) is 7.75. The Hall–Kier alpha value is -9.33. The highest BCUT2D eigenvalue weighted by Gasteiger charge is 2.44. The van der Waals surface area contributed by atoms with E-state index in [4.69, 9.17) is 5.48 Å². The molecule has 0 N–H and O–H groups in total. The number of hydrogen-bond acceptors (Lipinski definition) is 3. The molecule has 0 unspecified atom stereocenters. The van der Waals surface area contributed by atoms with Gasteiger partial charge < -0.3 is 14.0 Å². The van der Waals surface area contributed by atoms with Crippen molar-refractivity contribution in [2.75, 3.05) is 4.90 Å². The SMILES string of the molecule is [2H]c1c([2H])c([2H])c2c(c1[2H])c1c([2H])c([2H])c([2H])c([2H])c1n2-c1ccc2c(c1)N(c1c(-c3ccccc3)cccc1-c1ccccc1)c1cc(-n3c4ccc(C(C)(C)C)cc4c4cc(C(C)(C)C)ccc43)cc3c1B2c1cc(-c2ccccc2)c2c(sc4ccccc42)c1S3. The number of benzene rings is 12. The first kappa shape index (κ1) is 43.3. The van der Waals surface area contributed by atoms with E-state index >= 15 is 0 Å². The summed E-state index contributed by atoms with van der Waals surface area (Å²) in [5.41, 5.74) is 18.1. The first-order valence-corrected chi connectivity index (χ1v) is 31.1. The Morgan fingerprint density at radius 1 is 0.419 bits per heavy atom. The summed E-state index contributed by atoms with van der Waals surface area (Å²) < 4.78 is 81.2. The van der Waals surface area contributed by atoms with Crippen LogP contribution in [0.15, 0.2) is 264 Å². The maximum atomic E-state index is 9.72. The van der Waals surface area contributed by atoms with Crippen LogP contribution in [-0.4, -0.2) is 15.8 Å². The van der Waals surface area contributed by atoms with Gasteiger partial charge in [-0.15, -0.1) is 11.3 Å². The standard InChI is InChI=1S/C80H60BN3S2/c1-79(2,3)52-37-41-68-62(43-52)63-44-53(80(4,5)6)38-42-69(63)83(68)55-46-71-75-73(47-55)86-77-65(48-61(51-27-14-9-15-28-51)74-60-31-18-21-36-72(60)85-78(74)77)81(75)64-40-39-54(82-66-34-19-16-29-58(66)59-30-17-20-35-67(59)82)45-70(64)84(71)76-56(49-23-10-7-11-24-49)32-22-33-57(76)50-25-12-8-13-26-50/h7-48H,1-6H3/i16D,17D,19D,20D,29D,30D,34D,35D. The van der Waals surface area contributed by atoms with Crippen molar-refractivity contribution >= 4 is 127 Å². The normalized spacial score (nSPS) is 14.4. The molecule has 86 heavy (non-hydrogen) atoms. The summed E-state index contributed by atoms with van der Waals surface area (Å²) in [5, 5.41) is 4.81. The van der Waals surface area contributed by atoms with Crippen LogP contribution in [0.4, 0.5) is 17.1 Å². The number of anilines is 3. The zero-order chi connectivity index (χ0) is 64.7. The number of fused-ring (bicyclic) bond motifs is 14. The predicted molar refractivity (Wildman–Crippen MR) is 372 cm³/mol. The summed E-state index contributed by atoms with van der Waals surface area (Å²) in [4.78, 5) is 4.72. The minimum absolute atomic E-state index is 0.0254. The molecule has 0 aliphatic carbocycles. The Morgan fingerprint density at radius 2 is 0.953 bits per heavy atom. The summed E-state index contributed by atoms with van der Waals surface area (Å²) in [7, 11) is 0. The number of aromatic nitrogens is 2. The minimum Gasteiger partial charge on any atom is -0.310 e. The van der Waals surface area contributed by atoms with E-state index in [2.05, 4.69) is 239 Å². The van der Waals surface area contributed by atoms with Crippen LogP contribution in [0, 0.1) is 0 Å². The van der Waals surface area contributed by atoms with Crippen molar-refractivity contribution in [1.82, 2.24) is 9.13 Å². The van der Waals surface area contributed by atoms with E-state index in [-0.39, 0.29) is 63.5 Å². The van der Waals surface area contributed by atoms with E-state index in [1.807, 2.05) is 41.3 Å². The lowest BCUT2D eigenvalue weighted by molar-refractivity contribution is 0.590. The lowest BCUT2D eigenvalue weighted by Gasteiger charge is -2.42. The molecule has 0 radical (unpaired) electrons. The van der Waals surface area contributed by atoms with Crippen molar-refractivity contribution < 1.29 is 11.0 Å². The van der Waals surface area contributed by atoms with Gasteiger partial charge in [-0.05, 0) is 122 Å². The molecule has 2 aliphatic heterocycles. The molecule has 6 heteroatoms. The second-order valence-corrected chi connectivity index (χ2v) is 27.1. The van der Waals surface area contributed by atoms with Crippen LogP contribution in [0.1, 0.15) is 63.6 Å². The van der Waals surface area contributed by atoms with Crippen LogP contribution in [0.3, 0.4) is 0 Å². The highest BCUT2D eigenvalue weighted by atomic mass is 32.2. The molecule has 410 valence electrons. The fraction of sp³-hybridized carbons (Fsp3) is 0.100. The molecular formula is C80H60BN3S2. The fourth-order valence-electron chi connectivity index (χ4n) is 13.8. The van der Waals surface area contributed by atoms with Crippen LogP contribution in [-0.2, 0) is 10.8 Å². The zero-order valence-electron chi connectivity index (χ0n) is 56.4. The lowest BCUT2D eigenvalue weighted by Crippen LogP contribution is -2.60. The smallest absolute Gasteiger partial charge is 0.249 e. The van der Waals surface area contributed by atoms with E-state index in [1.54, 1.807) is 4.57 Å². The van der Waals surface area contributed by atoms with E-state index in [1.165, 1.54) is 47.0 Å². The van der Waals surface area contributed by atoms with Crippen LogP contribution in [0.5, 0.6) is 0 Å². The summed E-state index contributed by atoms with van der Waals surface area (Å²) in [6.07, 6.45) is 0. The van der Waals surface area contributed by atoms with Crippen LogP contribution in [0.2, 0.25) is 0 Å². The maximum Gasteiger partial charge on any atom is 0.249 e. The minimum atomic E-state index is -0.487. The average molecular weight is 1150 g/mol. The zero-order valence-corrected chi connectivity index (χ0v) is 50.0. The Morgan fingerprint density at radius 3 is 1.55 bits per heavy atom. The van der Waals surface area contributed by atoms with Crippen molar-refractivity contribution in [2.45, 2.75) is 62.2 Å². The van der Waals surface area contributed by atoms with Crippen LogP contribution < -0.4 is 21.3 Å². The van der Waals surface area contributed by atoms with Gasteiger partial charge in [0.2, 0.25) is 6.71 Å². The van der Waals surface area contributed by atoms with E-state index in [0.29, 0.717) is 5.69 Å². The van der Waals surface area contributed by atoms with Gasteiger partial charge in [0.15, 0.2) is 0 Å². The van der Waals surface area contributed by atoms with Crippen molar-refractivity contribution in [2.24, 2.45) is 0 Å². The maximum absolute atomic E-state index is 9.72. The van der Waals surface area contributed by atoms with Crippen LogP contribution >= 0.6 is 23.1 Å². The molecule has 3 aromatic heterocycles. The molecule has 0 saturated heterocycles. The number of rotatable bonds is 6. The Kier molecular flexibility index (Phi) is 9.62. The van der Waals surface area contributed by atoms with E-state index < -0.39 is 24.2 Å². The average Bonchev–Trinajstić information content (AvgIpc) is 1.14. The van der Waals surface area contributed by atoms with Gasteiger partial charge in [0, 0.05) is 85.4 Å². The van der Waals surface area contributed by atoms with Crippen LogP contribution in [0.25, 0.3) is 109 Å². The molecule has 12 aromatic carbocycles. The highest BCUT2D eigenvalue weighted by Crippen LogP contribution is 2.53. The quantitative estimate of drug-likeness (QED) is 0.154. The Labute approximate surface area is 521 Å². The van der Waals surface area contributed by atoms with Gasteiger partial charge in [-0.3, -0.25) is 0 Å². The number of para-hydroxylation sites is 3. The summed E-state index contributed by atoms with van der Waals surface area (Å²) in [6.45, 7) is 13.3. The van der Waals surface area contributed by atoms with Gasteiger partial charge in [0.25, 0.3) is 0 Å². The second-order valence-electron chi connectivity index (χ2n) is 25.0. The van der Waals surface area contributed by atoms with Crippen molar-refractivity contribution in [3.8, 4) is 44.8 Å². The monoisotopic (exact) mass is 1150 g/mol. The molecule has 0 bridgehead atoms.